The smallest absolute Gasteiger partial charge is 0.252 e. The zero-order valence-electron chi connectivity index (χ0n) is 13.4. The lowest BCUT2D eigenvalue weighted by Crippen LogP contribution is -2.37. The maximum atomic E-state index is 9.18. The molecule has 2 heterocycles. The molecule has 1 N–H and O–H groups in total. The van der Waals surface area contributed by atoms with Crippen molar-refractivity contribution in [2.75, 3.05) is 6.61 Å². The molecule has 7 nitrogen and oxygen atoms in total. The van der Waals surface area contributed by atoms with Gasteiger partial charge in [0.2, 0.25) is 5.88 Å². The van der Waals surface area contributed by atoms with E-state index in [2.05, 4.69) is 15.1 Å². The molecular weight excluding hydrogens is 322 g/mol. The van der Waals surface area contributed by atoms with Crippen LogP contribution in [0, 0.1) is 5.92 Å². The summed E-state index contributed by atoms with van der Waals surface area (Å²) in [6.07, 6.45) is 5.09. The Morgan fingerprint density at radius 2 is 1.96 bits per heavy atom. The van der Waals surface area contributed by atoms with E-state index in [0.29, 0.717) is 29.9 Å². The van der Waals surface area contributed by atoms with Gasteiger partial charge in [0.1, 0.15) is 17.5 Å². The van der Waals surface area contributed by atoms with Crippen LogP contribution >= 0.6 is 0 Å². The Hall–Kier alpha value is -3.09. The van der Waals surface area contributed by atoms with E-state index in [1.807, 2.05) is 30.3 Å². The summed E-state index contributed by atoms with van der Waals surface area (Å²) in [5, 5.41) is 12.6. The third-order valence-corrected chi connectivity index (χ3v) is 4.09. The van der Waals surface area contributed by atoms with Gasteiger partial charge in [0.05, 0.1) is 25.1 Å². The van der Waals surface area contributed by atoms with Crippen molar-refractivity contribution in [1.82, 2.24) is 15.1 Å². The predicted octanol–water partition coefficient (Wildman–Crippen LogP) is 3.07. The molecule has 1 aromatic carbocycles. The Balaban J connectivity index is 1.24. The molecule has 0 unspecified atom stereocenters. The zero-order chi connectivity index (χ0) is 17.1. The minimum absolute atomic E-state index is 0.138. The van der Waals surface area contributed by atoms with Gasteiger partial charge in [-0.05, 0) is 36.0 Å². The number of para-hydroxylation sites is 1. The van der Waals surface area contributed by atoms with E-state index >= 15 is 0 Å². The van der Waals surface area contributed by atoms with Crippen molar-refractivity contribution in [3.05, 3.63) is 48.8 Å². The third-order valence-electron chi connectivity index (χ3n) is 4.09. The van der Waals surface area contributed by atoms with Crippen molar-refractivity contribution in [3.63, 3.8) is 0 Å². The number of ether oxygens (including phenoxy) is 2. The largest absolute Gasteiger partial charge is 0.493 e. The summed E-state index contributed by atoms with van der Waals surface area (Å²) in [5.74, 6) is 2.04. The lowest BCUT2D eigenvalue weighted by molar-refractivity contribution is 0.0353. The molecular formula is C18H17N3O4. The number of hydrogen-bond acceptors (Lipinski definition) is 7. The Morgan fingerprint density at radius 1 is 1.12 bits per heavy atom. The van der Waals surface area contributed by atoms with Gasteiger partial charge in [-0.1, -0.05) is 18.2 Å². The minimum atomic E-state index is -0.185. The molecule has 0 saturated heterocycles. The quantitative estimate of drug-likeness (QED) is 0.738. The summed E-state index contributed by atoms with van der Waals surface area (Å²) in [6.45, 7) is 0.698. The molecule has 1 aliphatic rings. The fraction of sp³-hybridized carbons (Fsp3) is 0.278. The minimum Gasteiger partial charge on any atom is -0.493 e. The third kappa shape index (κ3) is 3.71. The highest BCUT2D eigenvalue weighted by Gasteiger charge is 2.31. The Morgan fingerprint density at radius 3 is 2.64 bits per heavy atom. The summed E-state index contributed by atoms with van der Waals surface area (Å²) in [6, 6.07) is 11.2. The van der Waals surface area contributed by atoms with E-state index in [-0.39, 0.29) is 12.0 Å². The van der Waals surface area contributed by atoms with Crippen LogP contribution in [0.15, 0.2) is 53.3 Å². The van der Waals surface area contributed by atoms with E-state index in [4.69, 9.17) is 14.0 Å². The normalized spacial score (nSPS) is 19.2. The van der Waals surface area contributed by atoms with Crippen LogP contribution < -0.4 is 9.47 Å². The molecule has 2 aromatic heterocycles. The van der Waals surface area contributed by atoms with Crippen molar-refractivity contribution in [3.8, 4) is 29.0 Å². The predicted molar refractivity (Wildman–Crippen MR) is 88.3 cm³/mol. The molecule has 1 aliphatic carbocycles. The molecule has 1 saturated carbocycles. The molecule has 0 atom stereocenters. The Bertz CT molecular complexity index is 814. The summed E-state index contributed by atoms with van der Waals surface area (Å²) in [4.78, 5) is 8.43. The van der Waals surface area contributed by atoms with Gasteiger partial charge in [-0.3, -0.25) is 0 Å². The molecule has 1 fully saturated rings. The summed E-state index contributed by atoms with van der Waals surface area (Å²) < 4.78 is 16.5. The molecule has 0 spiro atoms. The standard InChI is InChI=1S/C18H17N3O4/c22-17-8-16(25-21-17)15-9-20-18(10-19-15)24-14-6-12(7-14)11-23-13-4-2-1-3-5-13/h1-5,8-10,12,14H,6-7,11H2,(H,21,22)/t12-,14+. The fourth-order valence-electron chi connectivity index (χ4n) is 2.70. The topological polar surface area (TPSA) is 90.5 Å². The molecule has 25 heavy (non-hydrogen) atoms. The van der Waals surface area contributed by atoms with Gasteiger partial charge in [-0.2, -0.15) is 0 Å². The molecule has 0 radical (unpaired) electrons. The highest BCUT2D eigenvalue weighted by Crippen LogP contribution is 2.31. The van der Waals surface area contributed by atoms with Crippen molar-refractivity contribution in [2.45, 2.75) is 18.9 Å². The lowest BCUT2D eigenvalue weighted by atomic mass is 9.83. The van der Waals surface area contributed by atoms with E-state index < -0.39 is 0 Å². The first kappa shape index (κ1) is 15.4. The highest BCUT2D eigenvalue weighted by atomic mass is 16.5. The van der Waals surface area contributed by atoms with E-state index in [9.17, 15) is 5.11 Å². The maximum absolute atomic E-state index is 9.18. The Labute approximate surface area is 144 Å². The first-order valence-electron chi connectivity index (χ1n) is 8.09. The number of hydrogen-bond donors (Lipinski definition) is 1. The van der Waals surface area contributed by atoms with Crippen LogP contribution in [0.5, 0.6) is 17.5 Å². The first-order valence-corrected chi connectivity index (χ1v) is 8.09. The van der Waals surface area contributed by atoms with Crippen LogP contribution in [0.2, 0.25) is 0 Å². The molecule has 4 rings (SSSR count). The molecule has 0 aliphatic heterocycles. The van der Waals surface area contributed by atoms with Crippen molar-refractivity contribution < 1.29 is 19.1 Å². The lowest BCUT2D eigenvalue weighted by Gasteiger charge is -2.34. The maximum Gasteiger partial charge on any atom is 0.252 e. The average Bonchev–Trinajstić information content (AvgIpc) is 3.05. The average molecular weight is 339 g/mol. The van der Waals surface area contributed by atoms with Gasteiger partial charge in [0.15, 0.2) is 5.76 Å². The summed E-state index contributed by atoms with van der Waals surface area (Å²) in [5.41, 5.74) is 0.489. The number of rotatable bonds is 6. The summed E-state index contributed by atoms with van der Waals surface area (Å²) >= 11 is 0. The number of benzene rings is 1. The van der Waals surface area contributed by atoms with Crippen molar-refractivity contribution >= 4 is 0 Å². The van der Waals surface area contributed by atoms with Crippen LogP contribution in [-0.4, -0.2) is 32.9 Å². The molecule has 3 aromatic rings. The molecule has 7 heteroatoms. The number of nitrogens with zero attached hydrogens (tertiary/aromatic N) is 3. The second kappa shape index (κ2) is 6.80. The van der Waals surface area contributed by atoms with Crippen LogP contribution in [0.25, 0.3) is 11.5 Å². The molecule has 128 valence electrons. The zero-order valence-corrected chi connectivity index (χ0v) is 13.4. The number of aromatic nitrogens is 3. The summed E-state index contributed by atoms with van der Waals surface area (Å²) in [7, 11) is 0. The van der Waals surface area contributed by atoms with Gasteiger partial charge >= 0.3 is 0 Å². The second-order valence-electron chi connectivity index (χ2n) is 5.99. The van der Waals surface area contributed by atoms with Gasteiger partial charge in [0, 0.05) is 0 Å². The van der Waals surface area contributed by atoms with Gasteiger partial charge in [0.25, 0.3) is 5.88 Å². The van der Waals surface area contributed by atoms with E-state index in [0.717, 1.165) is 18.6 Å². The number of aromatic hydroxyl groups is 1. The monoisotopic (exact) mass is 339 g/mol. The van der Waals surface area contributed by atoms with E-state index in [1.54, 1.807) is 6.20 Å². The second-order valence-corrected chi connectivity index (χ2v) is 5.99. The van der Waals surface area contributed by atoms with Crippen LogP contribution in [0.4, 0.5) is 0 Å². The molecule has 0 amide bonds. The van der Waals surface area contributed by atoms with Crippen LogP contribution in [0.3, 0.4) is 0 Å². The van der Waals surface area contributed by atoms with Gasteiger partial charge in [-0.25, -0.2) is 9.97 Å². The highest BCUT2D eigenvalue weighted by molar-refractivity contribution is 5.51. The molecule has 0 bridgehead atoms. The fourth-order valence-corrected chi connectivity index (χ4v) is 2.70. The van der Waals surface area contributed by atoms with Gasteiger partial charge < -0.3 is 19.1 Å². The Kier molecular flexibility index (Phi) is 4.20. The first-order chi connectivity index (χ1) is 12.3. The van der Waals surface area contributed by atoms with E-state index in [1.165, 1.54) is 12.3 Å². The van der Waals surface area contributed by atoms with Crippen molar-refractivity contribution in [2.24, 2.45) is 5.92 Å². The van der Waals surface area contributed by atoms with Crippen molar-refractivity contribution in [1.29, 1.82) is 0 Å². The van der Waals surface area contributed by atoms with Gasteiger partial charge in [-0.15, -0.1) is 0 Å². The van der Waals surface area contributed by atoms with Crippen LogP contribution in [0.1, 0.15) is 12.8 Å². The van der Waals surface area contributed by atoms with Crippen LogP contribution in [-0.2, 0) is 0 Å². The SMILES string of the molecule is Oc1cc(-c2cnc(O[C@H]3C[C@@H](COc4ccccc4)C3)cn2)on1.